The van der Waals surface area contributed by atoms with Crippen LogP contribution in [0.25, 0.3) is 5.76 Å². The van der Waals surface area contributed by atoms with Gasteiger partial charge < -0.3 is 5.11 Å². The molecule has 1 N–H and O–H groups in total. The molecule has 5 nitrogen and oxygen atoms in total. The predicted octanol–water partition coefficient (Wildman–Crippen LogP) is 4.56. The van der Waals surface area contributed by atoms with Crippen molar-refractivity contribution in [3.63, 3.8) is 0 Å². The van der Waals surface area contributed by atoms with Crippen molar-refractivity contribution in [2.24, 2.45) is 0 Å². The molecule has 0 spiro atoms. The zero-order chi connectivity index (χ0) is 19.8. The molecule has 140 valence electrons. The van der Waals surface area contributed by atoms with Crippen LogP contribution in [0.1, 0.15) is 17.2 Å². The van der Waals surface area contributed by atoms with Crippen molar-refractivity contribution in [3.8, 4) is 0 Å². The van der Waals surface area contributed by atoms with Gasteiger partial charge >= 0.3 is 5.91 Å². The standard InChI is InChI=1S/C20H12ClFN2O3S/c21-13-5-1-11(2-6-13)16-15(17(25)12-3-7-14(22)8-4-12)18(26)19(27)24(16)20-23-9-10-28-20/h1-10,16,25H/b17-15-. The van der Waals surface area contributed by atoms with Crippen LogP contribution in [0, 0.1) is 5.82 Å². The SMILES string of the molecule is O=C1C(=O)N(c2nccs2)C(c2ccc(Cl)cc2)/C1=C(/O)c1ccc(F)cc1. The van der Waals surface area contributed by atoms with E-state index in [2.05, 4.69) is 4.98 Å². The zero-order valence-corrected chi connectivity index (χ0v) is 15.7. The summed E-state index contributed by atoms with van der Waals surface area (Å²) in [5.74, 6) is -2.48. The first kappa shape index (κ1) is 18.3. The van der Waals surface area contributed by atoms with Crippen LogP contribution in [-0.2, 0) is 9.59 Å². The summed E-state index contributed by atoms with van der Waals surface area (Å²) < 4.78 is 13.2. The third kappa shape index (κ3) is 3.08. The molecule has 8 heteroatoms. The molecular weight excluding hydrogens is 403 g/mol. The average Bonchev–Trinajstić information content (AvgIpc) is 3.30. The highest BCUT2D eigenvalue weighted by Gasteiger charge is 2.47. The van der Waals surface area contributed by atoms with Gasteiger partial charge in [-0.25, -0.2) is 9.37 Å². The molecule has 0 saturated carbocycles. The molecular formula is C20H12ClFN2O3S. The Hall–Kier alpha value is -3.03. The number of anilines is 1. The second-order valence-electron chi connectivity index (χ2n) is 6.04. The van der Waals surface area contributed by atoms with E-state index in [1.165, 1.54) is 46.7 Å². The van der Waals surface area contributed by atoms with E-state index in [0.29, 0.717) is 15.7 Å². The first-order chi connectivity index (χ1) is 13.5. The minimum Gasteiger partial charge on any atom is -0.507 e. The minimum atomic E-state index is -0.881. The third-order valence-electron chi connectivity index (χ3n) is 4.37. The van der Waals surface area contributed by atoms with Crippen molar-refractivity contribution in [3.05, 3.63) is 87.6 Å². The Balaban J connectivity index is 1.93. The number of thiazole rings is 1. The number of amides is 1. The molecule has 2 aromatic carbocycles. The lowest BCUT2D eigenvalue weighted by Gasteiger charge is -2.23. The van der Waals surface area contributed by atoms with E-state index < -0.39 is 23.5 Å². The van der Waals surface area contributed by atoms with Gasteiger partial charge in [-0.2, -0.15) is 0 Å². The van der Waals surface area contributed by atoms with E-state index in [4.69, 9.17) is 11.6 Å². The van der Waals surface area contributed by atoms with Crippen molar-refractivity contribution in [2.45, 2.75) is 6.04 Å². The van der Waals surface area contributed by atoms with Gasteiger partial charge in [0, 0.05) is 22.2 Å². The topological polar surface area (TPSA) is 70.5 Å². The molecule has 0 radical (unpaired) electrons. The quantitative estimate of drug-likeness (QED) is 0.387. The van der Waals surface area contributed by atoms with Crippen LogP contribution >= 0.6 is 22.9 Å². The van der Waals surface area contributed by atoms with Crippen molar-refractivity contribution in [1.82, 2.24) is 4.98 Å². The zero-order valence-electron chi connectivity index (χ0n) is 14.2. The second kappa shape index (κ2) is 7.18. The number of ketones is 1. The number of carbonyl (C=O) groups excluding carboxylic acids is 2. The number of rotatable bonds is 3. The maximum absolute atomic E-state index is 13.2. The highest BCUT2D eigenvalue weighted by molar-refractivity contribution is 7.14. The lowest BCUT2D eigenvalue weighted by atomic mass is 9.95. The minimum absolute atomic E-state index is 0.0888. The second-order valence-corrected chi connectivity index (χ2v) is 7.35. The highest BCUT2D eigenvalue weighted by atomic mass is 35.5. The Labute approximate surface area is 168 Å². The number of carbonyl (C=O) groups is 2. The summed E-state index contributed by atoms with van der Waals surface area (Å²) in [6.07, 6.45) is 1.53. The van der Waals surface area contributed by atoms with Crippen LogP contribution in [-0.4, -0.2) is 21.8 Å². The van der Waals surface area contributed by atoms with E-state index in [9.17, 15) is 19.1 Å². The normalized spacial score (nSPS) is 18.6. The molecule has 0 bridgehead atoms. The van der Waals surface area contributed by atoms with Crippen LogP contribution in [0.5, 0.6) is 0 Å². The van der Waals surface area contributed by atoms with Crippen molar-refractivity contribution in [1.29, 1.82) is 0 Å². The molecule has 1 aliphatic rings. The number of hydrogen-bond donors (Lipinski definition) is 1. The van der Waals surface area contributed by atoms with Crippen molar-refractivity contribution >= 4 is 45.5 Å². The van der Waals surface area contributed by atoms with Crippen LogP contribution in [0.4, 0.5) is 9.52 Å². The predicted molar refractivity (Wildman–Crippen MR) is 105 cm³/mol. The lowest BCUT2D eigenvalue weighted by molar-refractivity contribution is -0.132. The number of halogens is 2. The molecule has 1 amide bonds. The Bertz CT molecular complexity index is 1080. The van der Waals surface area contributed by atoms with Gasteiger partial charge in [0.2, 0.25) is 0 Å². The summed E-state index contributed by atoms with van der Waals surface area (Å²) in [6.45, 7) is 0. The molecule has 1 saturated heterocycles. The van der Waals surface area contributed by atoms with Gasteiger partial charge in [-0.05, 0) is 42.0 Å². The molecule has 1 unspecified atom stereocenters. The number of aliphatic hydroxyl groups excluding tert-OH is 1. The fourth-order valence-electron chi connectivity index (χ4n) is 3.09. The van der Waals surface area contributed by atoms with Gasteiger partial charge in [0.1, 0.15) is 11.6 Å². The molecule has 3 aromatic rings. The van der Waals surface area contributed by atoms with Gasteiger partial charge in [0.25, 0.3) is 5.78 Å². The smallest absolute Gasteiger partial charge is 0.301 e. The van der Waals surface area contributed by atoms with E-state index in [-0.39, 0.29) is 16.9 Å². The molecule has 4 rings (SSSR count). The fourth-order valence-corrected chi connectivity index (χ4v) is 3.88. The van der Waals surface area contributed by atoms with Crippen LogP contribution in [0.3, 0.4) is 0 Å². The number of nitrogens with zero attached hydrogens (tertiary/aromatic N) is 2. The van der Waals surface area contributed by atoms with Gasteiger partial charge in [0.05, 0.1) is 11.6 Å². The molecule has 1 aliphatic heterocycles. The van der Waals surface area contributed by atoms with Crippen molar-refractivity contribution in [2.75, 3.05) is 4.90 Å². The summed E-state index contributed by atoms with van der Waals surface area (Å²) in [7, 11) is 0. The summed E-state index contributed by atoms with van der Waals surface area (Å²) in [5.41, 5.74) is 0.731. The number of Topliss-reactive ketones (excluding diaryl/α,β-unsaturated/α-hetero) is 1. The maximum atomic E-state index is 13.2. The summed E-state index contributed by atoms with van der Waals surface area (Å²) >= 11 is 7.17. The molecule has 1 aromatic heterocycles. The molecule has 0 aliphatic carbocycles. The molecule has 1 atom stereocenters. The number of aromatic nitrogens is 1. The van der Waals surface area contributed by atoms with Gasteiger partial charge in [0.15, 0.2) is 5.13 Å². The van der Waals surface area contributed by atoms with Crippen molar-refractivity contribution < 1.29 is 19.1 Å². The Morgan fingerprint density at radius 3 is 2.39 bits per heavy atom. The lowest BCUT2D eigenvalue weighted by Crippen LogP contribution is -2.29. The van der Waals surface area contributed by atoms with E-state index in [1.54, 1.807) is 29.6 Å². The van der Waals surface area contributed by atoms with Gasteiger partial charge in [-0.1, -0.05) is 23.7 Å². The Morgan fingerprint density at radius 2 is 1.79 bits per heavy atom. The molecule has 1 fully saturated rings. The molecule has 2 heterocycles. The van der Waals surface area contributed by atoms with E-state index >= 15 is 0 Å². The largest absolute Gasteiger partial charge is 0.507 e. The monoisotopic (exact) mass is 414 g/mol. The Morgan fingerprint density at radius 1 is 1.11 bits per heavy atom. The van der Waals surface area contributed by atoms with Crippen LogP contribution in [0.15, 0.2) is 65.7 Å². The van der Waals surface area contributed by atoms with Crippen LogP contribution in [0.2, 0.25) is 5.02 Å². The number of aliphatic hydroxyl groups is 1. The van der Waals surface area contributed by atoms with Gasteiger partial charge in [-0.15, -0.1) is 11.3 Å². The first-order valence-electron chi connectivity index (χ1n) is 8.19. The first-order valence-corrected chi connectivity index (χ1v) is 9.45. The van der Waals surface area contributed by atoms with E-state index in [0.717, 1.165) is 0 Å². The third-order valence-corrected chi connectivity index (χ3v) is 5.40. The summed E-state index contributed by atoms with van der Waals surface area (Å²) in [4.78, 5) is 31.0. The number of hydrogen-bond acceptors (Lipinski definition) is 5. The summed E-state index contributed by atoms with van der Waals surface area (Å²) in [6, 6.07) is 10.8. The average molecular weight is 415 g/mol. The van der Waals surface area contributed by atoms with Gasteiger partial charge in [-0.3, -0.25) is 14.5 Å². The maximum Gasteiger partial charge on any atom is 0.301 e. The Kier molecular flexibility index (Phi) is 4.70. The fraction of sp³-hybridized carbons (Fsp3) is 0.0500. The highest BCUT2D eigenvalue weighted by Crippen LogP contribution is 2.42. The van der Waals surface area contributed by atoms with E-state index in [1.807, 2.05) is 0 Å². The molecule has 28 heavy (non-hydrogen) atoms. The summed E-state index contributed by atoms with van der Waals surface area (Å²) in [5, 5.41) is 13.3. The van der Waals surface area contributed by atoms with Crippen LogP contribution < -0.4 is 4.90 Å². The number of benzene rings is 2.